The topological polar surface area (TPSA) is 57.0 Å². The van der Waals surface area contributed by atoms with E-state index >= 15 is 0 Å². The van der Waals surface area contributed by atoms with Crippen LogP contribution in [0.5, 0.6) is 0 Å². The number of carbonyl (C=O) groups is 1. The molecule has 7 rings (SSSR count). The number of esters is 1. The molecule has 0 saturated heterocycles. The van der Waals surface area contributed by atoms with E-state index in [1.807, 2.05) is 0 Å². The Morgan fingerprint density at radius 3 is 2.30 bits per heavy atom. The minimum Gasteiger partial charge on any atom is -0.434 e. The van der Waals surface area contributed by atoms with Crippen molar-refractivity contribution in [2.75, 3.05) is 0 Å². The minimum absolute atomic E-state index is 0.203. The van der Waals surface area contributed by atoms with Crippen molar-refractivity contribution >= 4 is 17.6 Å². The van der Waals surface area contributed by atoms with Crippen LogP contribution in [0, 0.1) is 17.8 Å². The molecule has 5 nitrogen and oxygen atoms in total. The summed E-state index contributed by atoms with van der Waals surface area (Å²) in [7, 11) is 0. The molecule has 5 aliphatic rings. The van der Waals surface area contributed by atoms with E-state index in [0.717, 1.165) is 19.3 Å². The van der Waals surface area contributed by atoms with Crippen molar-refractivity contribution in [3.05, 3.63) is 46.5 Å². The molecule has 0 N–H and O–H groups in total. The molecule has 0 spiro atoms. The molecular formula is C24H25ClF3N3O2. The summed E-state index contributed by atoms with van der Waals surface area (Å²) in [6.07, 6.45) is 1.38. The fourth-order valence-corrected chi connectivity index (χ4v) is 7.79. The molecule has 2 heterocycles. The first-order valence-electron chi connectivity index (χ1n) is 11.7. The molecule has 1 aliphatic heterocycles. The largest absolute Gasteiger partial charge is 0.491 e. The number of benzene rings is 1. The highest BCUT2D eigenvalue weighted by atomic mass is 35.5. The molecular weight excluding hydrogens is 455 g/mol. The van der Waals surface area contributed by atoms with Gasteiger partial charge in [0.15, 0.2) is 6.23 Å². The van der Waals surface area contributed by atoms with Gasteiger partial charge < -0.3 is 4.74 Å². The lowest BCUT2D eigenvalue weighted by Crippen LogP contribution is -2.50. The quantitative estimate of drug-likeness (QED) is 0.527. The second-order valence-corrected chi connectivity index (χ2v) is 10.9. The summed E-state index contributed by atoms with van der Waals surface area (Å²) in [6.45, 7) is 0. The van der Waals surface area contributed by atoms with E-state index in [-0.39, 0.29) is 5.41 Å². The van der Waals surface area contributed by atoms with Gasteiger partial charge in [0.25, 0.3) is 0 Å². The fourth-order valence-electron chi connectivity index (χ4n) is 7.51. The zero-order chi connectivity index (χ0) is 23.0. The average Bonchev–Trinajstić information content (AvgIpc) is 3.18. The Bertz CT molecular complexity index is 1060. The third-order valence-electron chi connectivity index (χ3n) is 8.32. The van der Waals surface area contributed by atoms with Gasteiger partial charge in [0.05, 0.1) is 0 Å². The first-order valence-corrected chi connectivity index (χ1v) is 12.1. The summed E-state index contributed by atoms with van der Waals surface area (Å²) in [5.41, 5.74) is 0.473. The molecule has 1 aromatic heterocycles. The number of halogens is 4. The predicted octanol–water partition coefficient (Wildman–Crippen LogP) is 5.73. The SMILES string of the molecule is O=C(OC1C(c2ccccc2Cl)CCc2nnc(C34CC5CC(CC(C5)C3)C4)n21)C(F)(F)F. The van der Waals surface area contributed by atoms with E-state index in [1.165, 1.54) is 19.3 Å². The van der Waals surface area contributed by atoms with Gasteiger partial charge in [0.1, 0.15) is 11.6 Å². The lowest BCUT2D eigenvalue weighted by atomic mass is 9.49. The molecule has 4 saturated carbocycles. The van der Waals surface area contributed by atoms with Crippen LogP contribution in [-0.4, -0.2) is 26.9 Å². The number of hydrogen-bond acceptors (Lipinski definition) is 4. The van der Waals surface area contributed by atoms with Crippen molar-refractivity contribution in [2.24, 2.45) is 17.8 Å². The molecule has 176 valence electrons. The first kappa shape index (κ1) is 21.4. The van der Waals surface area contributed by atoms with Crippen molar-refractivity contribution in [3.63, 3.8) is 0 Å². The van der Waals surface area contributed by atoms with E-state index in [1.54, 1.807) is 28.8 Å². The van der Waals surface area contributed by atoms with Gasteiger partial charge in [-0.2, -0.15) is 13.2 Å². The van der Waals surface area contributed by atoms with Crippen molar-refractivity contribution in [2.45, 2.75) is 75.1 Å². The number of hydrogen-bond donors (Lipinski definition) is 0. The van der Waals surface area contributed by atoms with Crippen molar-refractivity contribution in [1.82, 2.24) is 14.8 Å². The zero-order valence-electron chi connectivity index (χ0n) is 18.0. The maximum Gasteiger partial charge on any atom is 0.491 e. The highest BCUT2D eigenvalue weighted by Gasteiger charge is 2.55. The summed E-state index contributed by atoms with van der Waals surface area (Å²) in [5, 5.41) is 9.40. The lowest BCUT2D eigenvalue weighted by Gasteiger charge is -2.56. The van der Waals surface area contributed by atoms with E-state index in [9.17, 15) is 18.0 Å². The smallest absolute Gasteiger partial charge is 0.434 e. The Balaban J connectivity index is 1.46. The van der Waals surface area contributed by atoms with Crippen LogP contribution in [0.25, 0.3) is 0 Å². The highest BCUT2D eigenvalue weighted by molar-refractivity contribution is 6.31. The third kappa shape index (κ3) is 3.47. The van der Waals surface area contributed by atoms with Crippen LogP contribution in [0.1, 0.15) is 74.3 Å². The number of fused-ring (bicyclic) bond motifs is 1. The van der Waals surface area contributed by atoms with Crippen LogP contribution >= 0.6 is 11.6 Å². The van der Waals surface area contributed by atoms with Gasteiger partial charge in [-0.15, -0.1) is 10.2 Å². The first-order chi connectivity index (χ1) is 15.7. The van der Waals surface area contributed by atoms with E-state index < -0.39 is 24.3 Å². The van der Waals surface area contributed by atoms with E-state index in [4.69, 9.17) is 16.3 Å². The number of rotatable bonds is 3. The monoisotopic (exact) mass is 479 g/mol. The van der Waals surface area contributed by atoms with Gasteiger partial charge in [0.2, 0.25) is 0 Å². The molecule has 33 heavy (non-hydrogen) atoms. The second kappa shape index (κ2) is 7.45. The van der Waals surface area contributed by atoms with Crippen LogP contribution in [-0.2, 0) is 21.4 Å². The third-order valence-corrected chi connectivity index (χ3v) is 8.66. The van der Waals surface area contributed by atoms with Crippen molar-refractivity contribution in [1.29, 1.82) is 0 Å². The standard InChI is InChI=1S/C24H25ClF3N3O2/c25-18-4-2-1-3-16(18)17-5-6-19-29-30-21(31(19)20(17)33-22(32)24(26,27)28)23-10-13-7-14(11-23)9-15(8-13)12-23/h1-4,13-15,17,20H,5-12H2. The number of carbonyl (C=O) groups excluding carboxylic acids is 1. The molecule has 0 radical (unpaired) electrons. The summed E-state index contributed by atoms with van der Waals surface area (Å²) in [4.78, 5) is 12.1. The fraction of sp³-hybridized carbons (Fsp3) is 0.625. The normalized spacial score (nSPS) is 34.8. The molecule has 4 bridgehead atoms. The summed E-state index contributed by atoms with van der Waals surface area (Å²) >= 11 is 6.44. The molecule has 0 amide bonds. The van der Waals surface area contributed by atoms with Crippen LogP contribution in [0.2, 0.25) is 5.02 Å². The summed E-state index contributed by atoms with van der Waals surface area (Å²) in [5.74, 6) is 0.469. The van der Waals surface area contributed by atoms with Crippen LogP contribution in [0.3, 0.4) is 0 Å². The highest BCUT2D eigenvalue weighted by Crippen LogP contribution is 2.61. The van der Waals surface area contributed by atoms with Gasteiger partial charge >= 0.3 is 12.1 Å². The molecule has 1 aromatic carbocycles. The lowest BCUT2D eigenvalue weighted by molar-refractivity contribution is -0.211. The van der Waals surface area contributed by atoms with Crippen LogP contribution in [0.4, 0.5) is 13.2 Å². The molecule has 2 atom stereocenters. The maximum atomic E-state index is 13.3. The van der Waals surface area contributed by atoms with Crippen LogP contribution < -0.4 is 0 Å². The van der Waals surface area contributed by atoms with Gasteiger partial charge in [-0.25, -0.2) is 4.79 Å². The summed E-state index contributed by atoms with van der Waals surface area (Å²) < 4.78 is 46.8. The Labute approximate surface area is 194 Å². The van der Waals surface area contributed by atoms with E-state index in [2.05, 4.69) is 10.2 Å². The summed E-state index contributed by atoms with van der Waals surface area (Å²) in [6, 6.07) is 7.07. The Morgan fingerprint density at radius 2 is 1.70 bits per heavy atom. The molecule has 2 unspecified atom stereocenters. The molecule has 4 aliphatic carbocycles. The minimum atomic E-state index is -5.09. The molecule has 2 aromatic rings. The van der Waals surface area contributed by atoms with Crippen molar-refractivity contribution < 1.29 is 22.7 Å². The number of aryl methyl sites for hydroxylation is 1. The van der Waals surface area contributed by atoms with E-state index in [0.29, 0.717) is 52.8 Å². The van der Waals surface area contributed by atoms with Gasteiger partial charge in [-0.1, -0.05) is 29.8 Å². The van der Waals surface area contributed by atoms with Crippen molar-refractivity contribution in [3.8, 4) is 0 Å². The number of ether oxygens (including phenoxy) is 1. The van der Waals surface area contributed by atoms with Gasteiger partial charge in [-0.05, 0) is 74.3 Å². The van der Waals surface area contributed by atoms with Crippen LogP contribution in [0.15, 0.2) is 24.3 Å². The van der Waals surface area contributed by atoms with Gasteiger partial charge in [0, 0.05) is 22.8 Å². The average molecular weight is 480 g/mol. The Hall–Kier alpha value is -2.09. The number of alkyl halides is 3. The number of nitrogens with zero attached hydrogens (tertiary/aromatic N) is 3. The number of aromatic nitrogens is 3. The maximum absolute atomic E-state index is 13.3. The Kier molecular flexibility index (Phi) is 4.84. The predicted molar refractivity (Wildman–Crippen MR) is 114 cm³/mol. The zero-order valence-corrected chi connectivity index (χ0v) is 18.8. The molecule has 4 fully saturated rings. The Morgan fingerprint density at radius 1 is 1.06 bits per heavy atom. The molecule has 9 heteroatoms. The van der Waals surface area contributed by atoms with Gasteiger partial charge in [-0.3, -0.25) is 4.57 Å². The second-order valence-electron chi connectivity index (χ2n) is 10.5.